The zero-order chi connectivity index (χ0) is 16.8. The molecule has 1 aromatic rings. The highest BCUT2D eigenvalue weighted by Gasteiger charge is 2.20. The maximum absolute atomic E-state index is 11.9. The molecule has 7 heteroatoms. The van der Waals surface area contributed by atoms with Gasteiger partial charge in [0.15, 0.2) is 0 Å². The standard InChI is InChI=1S/C15H22ClN3O3/c1-15(2,3)22-14(21)19-12(8-9-18-13(17)20)10-4-6-11(16)7-5-10/h4-7,12H,8-9H2,1-3H3,(H,19,21)(H3,17,18,20). The first kappa shape index (κ1) is 18.1. The van der Waals surface area contributed by atoms with Gasteiger partial charge in [0.25, 0.3) is 0 Å². The fourth-order valence-corrected chi connectivity index (χ4v) is 1.93. The number of alkyl carbamates (subject to hydrolysis) is 1. The lowest BCUT2D eigenvalue weighted by Gasteiger charge is -2.24. The Morgan fingerprint density at radius 1 is 1.27 bits per heavy atom. The number of rotatable bonds is 5. The molecule has 22 heavy (non-hydrogen) atoms. The van der Waals surface area contributed by atoms with Gasteiger partial charge >= 0.3 is 12.1 Å². The highest BCUT2D eigenvalue weighted by atomic mass is 35.5. The van der Waals surface area contributed by atoms with Crippen molar-refractivity contribution in [1.29, 1.82) is 0 Å². The van der Waals surface area contributed by atoms with Crippen LogP contribution in [-0.4, -0.2) is 24.3 Å². The summed E-state index contributed by atoms with van der Waals surface area (Å²) in [5.41, 5.74) is 5.32. The average Bonchev–Trinajstić information content (AvgIpc) is 2.36. The van der Waals surface area contributed by atoms with Crippen molar-refractivity contribution in [2.75, 3.05) is 6.54 Å². The Hall–Kier alpha value is -1.95. The number of halogens is 1. The molecule has 0 fully saturated rings. The van der Waals surface area contributed by atoms with Gasteiger partial charge in [-0.1, -0.05) is 23.7 Å². The predicted octanol–water partition coefficient (Wildman–Crippen LogP) is 2.96. The topological polar surface area (TPSA) is 93.4 Å². The van der Waals surface area contributed by atoms with Gasteiger partial charge in [-0.25, -0.2) is 9.59 Å². The summed E-state index contributed by atoms with van der Waals surface area (Å²) in [4.78, 5) is 22.7. The van der Waals surface area contributed by atoms with E-state index in [2.05, 4.69) is 10.6 Å². The van der Waals surface area contributed by atoms with Gasteiger partial charge in [0.2, 0.25) is 0 Å². The van der Waals surface area contributed by atoms with Crippen LogP contribution in [0.25, 0.3) is 0 Å². The molecule has 1 atom stereocenters. The summed E-state index contributed by atoms with van der Waals surface area (Å²) < 4.78 is 5.25. The normalized spacial score (nSPS) is 12.4. The lowest BCUT2D eigenvalue weighted by Crippen LogP contribution is -2.37. The zero-order valence-corrected chi connectivity index (χ0v) is 13.7. The van der Waals surface area contributed by atoms with E-state index in [1.165, 1.54) is 0 Å². The Balaban J connectivity index is 2.75. The highest BCUT2D eigenvalue weighted by molar-refractivity contribution is 6.30. The number of carbonyl (C=O) groups excluding carboxylic acids is 2. The second-order valence-corrected chi connectivity index (χ2v) is 6.27. The molecule has 0 heterocycles. The van der Waals surface area contributed by atoms with Crippen LogP contribution in [0.2, 0.25) is 5.02 Å². The smallest absolute Gasteiger partial charge is 0.408 e. The maximum atomic E-state index is 11.9. The summed E-state index contributed by atoms with van der Waals surface area (Å²) in [6.45, 7) is 5.70. The number of ether oxygens (including phenoxy) is 1. The van der Waals surface area contributed by atoms with Gasteiger partial charge in [-0.15, -0.1) is 0 Å². The third-order valence-corrected chi connectivity index (χ3v) is 2.95. The van der Waals surface area contributed by atoms with Crippen LogP contribution in [0.15, 0.2) is 24.3 Å². The molecule has 4 N–H and O–H groups in total. The molecule has 0 saturated heterocycles. The summed E-state index contributed by atoms with van der Waals surface area (Å²) in [5, 5.41) is 5.89. The van der Waals surface area contributed by atoms with E-state index in [0.29, 0.717) is 18.0 Å². The summed E-state index contributed by atoms with van der Waals surface area (Å²) >= 11 is 5.87. The monoisotopic (exact) mass is 327 g/mol. The minimum Gasteiger partial charge on any atom is -0.444 e. The van der Waals surface area contributed by atoms with E-state index in [1.807, 2.05) is 12.1 Å². The lowest BCUT2D eigenvalue weighted by molar-refractivity contribution is 0.0501. The number of hydrogen-bond donors (Lipinski definition) is 3. The van der Waals surface area contributed by atoms with Crippen LogP contribution in [0.4, 0.5) is 9.59 Å². The Morgan fingerprint density at radius 2 is 1.86 bits per heavy atom. The molecule has 6 nitrogen and oxygen atoms in total. The van der Waals surface area contributed by atoms with Crippen molar-refractivity contribution in [3.05, 3.63) is 34.9 Å². The van der Waals surface area contributed by atoms with Crippen LogP contribution in [0.3, 0.4) is 0 Å². The summed E-state index contributed by atoms with van der Waals surface area (Å²) in [6.07, 6.45) is -0.0457. The molecule has 122 valence electrons. The van der Waals surface area contributed by atoms with Crippen molar-refractivity contribution in [3.63, 3.8) is 0 Å². The van der Waals surface area contributed by atoms with Crippen molar-refractivity contribution in [2.24, 2.45) is 5.73 Å². The van der Waals surface area contributed by atoms with Crippen LogP contribution in [0.1, 0.15) is 38.8 Å². The summed E-state index contributed by atoms with van der Waals surface area (Å²) in [7, 11) is 0. The highest BCUT2D eigenvalue weighted by Crippen LogP contribution is 2.20. The summed E-state index contributed by atoms with van der Waals surface area (Å²) in [5.74, 6) is 0. The number of nitrogens with two attached hydrogens (primary N) is 1. The molecule has 0 aromatic heterocycles. The van der Waals surface area contributed by atoms with Crippen molar-refractivity contribution >= 4 is 23.7 Å². The van der Waals surface area contributed by atoms with Crippen molar-refractivity contribution in [1.82, 2.24) is 10.6 Å². The number of primary amides is 1. The van der Waals surface area contributed by atoms with E-state index in [1.54, 1.807) is 32.9 Å². The van der Waals surface area contributed by atoms with Crippen LogP contribution < -0.4 is 16.4 Å². The Bertz CT molecular complexity index is 512. The van der Waals surface area contributed by atoms with Gasteiger partial charge in [0, 0.05) is 11.6 Å². The Kier molecular flexibility index (Phi) is 6.49. The maximum Gasteiger partial charge on any atom is 0.408 e. The van der Waals surface area contributed by atoms with Crippen LogP contribution in [-0.2, 0) is 4.74 Å². The van der Waals surface area contributed by atoms with Crippen LogP contribution >= 0.6 is 11.6 Å². The average molecular weight is 328 g/mol. The molecule has 0 spiro atoms. The Morgan fingerprint density at radius 3 is 2.36 bits per heavy atom. The first-order valence-electron chi connectivity index (χ1n) is 6.95. The van der Waals surface area contributed by atoms with Crippen molar-refractivity contribution < 1.29 is 14.3 Å². The molecule has 1 aromatic carbocycles. The van der Waals surface area contributed by atoms with Gasteiger partial charge in [-0.3, -0.25) is 0 Å². The number of hydrogen-bond acceptors (Lipinski definition) is 3. The second kappa shape index (κ2) is 7.89. The molecule has 0 bridgehead atoms. The first-order valence-corrected chi connectivity index (χ1v) is 7.33. The number of benzene rings is 1. The van der Waals surface area contributed by atoms with Gasteiger partial charge in [0.1, 0.15) is 5.60 Å². The third-order valence-electron chi connectivity index (χ3n) is 2.70. The van der Waals surface area contributed by atoms with Gasteiger partial charge < -0.3 is 21.1 Å². The molecule has 0 aliphatic carbocycles. The second-order valence-electron chi connectivity index (χ2n) is 5.83. The zero-order valence-electron chi connectivity index (χ0n) is 13.0. The van der Waals surface area contributed by atoms with Gasteiger partial charge in [-0.2, -0.15) is 0 Å². The van der Waals surface area contributed by atoms with Crippen LogP contribution in [0.5, 0.6) is 0 Å². The summed E-state index contributed by atoms with van der Waals surface area (Å²) in [6, 6.07) is 6.18. The van der Waals surface area contributed by atoms with Gasteiger partial charge in [-0.05, 0) is 44.9 Å². The minimum atomic E-state index is -0.605. The number of nitrogens with one attached hydrogen (secondary N) is 2. The van der Waals surface area contributed by atoms with Crippen molar-refractivity contribution in [3.8, 4) is 0 Å². The molecule has 0 radical (unpaired) electrons. The predicted molar refractivity (Wildman–Crippen MR) is 85.8 cm³/mol. The molecule has 0 aliphatic heterocycles. The number of carbonyl (C=O) groups is 2. The molecule has 3 amide bonds. The van der Waals surface area contributed by atoms with Crippen molar-refractivity contribution in [2.45, 2.75) is 38.8 Å². The number of urea groups is 1. The lowest BCUT2D eigenvalue weighted by atomic mass is 10.0. The van der Waals surface area contributed by atoms with Crippen LogP contribution in [0, 0.1) is 0 Å². The quantitative estimate of drug-likeness (QED) is 0.776. The first-order chi connectivity index (χ1) is 10.2. The van der Waals surface area contributed by atoms with E-state index < -0.39 is 17.7 Å². The molecular weight excluding hydrogens is 306 g/mol. The minimum absolute atomic E-state index is 0.320. The fraction of sp³-hybridized carbons (Fsp3) is 0.467. The molecular formula is C15H22ClN3O3. The molecule has 0 aliphatic rings. The van der Waals surface area contributed by atoms with E-state index in [-0.39, 0.29) is 6.04 Å². The van der Waals surface area contributed by atoms with E-state index in [0.717, 1.165) is 5.56 Å². The Labute approximate surface area is 135 Å². The number of amides is 3. The third kappa shape index (κ3) is 7.17. The van der Waals surface area contributed by atoms with E-state index in [4.69, 9.17) is 22.1 Å². The van der Waals surface area contributed by atoms with Gasteiger partial charge in [0.05, 0.1) is 6.04 Å². The molecule has 0 saturated carbocycles. The fourth-order valence-electron chi connectivity index (χ4n) is 1.81. The largest absolute Gasteiger partial charge is 0.444 e. The SMILES string of the molecule is CC(C)(C)OC(=O)NC(CCNC(N)=O)c1ccc(Cl)cc1. The van der Waals surface area contributed by atoms with E-state index in [9.17, 15) is 9.59 Å². The molecule has 1 rings (SSSR count). The van der Waals surface area contributed by atoms with E-state index >= 15 is 0 Å². The molecule has 1 unspecified atom stereocenters.